The number of hydrogen-bond acceptors (Lipinski definition) is 3. The molecule has 1 fully saturated rings. The number of esters is 1. The van der Waals surface area contributed by atoms with E-state index in [1.165, 1.54) is 0 Å². The van der Waals surface area contributed by atoms with Crippen LogP contribution in [0.25, 0.3) is 0 Å². The molecule has 1 unspecified atom stereocenters. The molecule has 106 valence electrons. The molecule has 0 aromatic heterocycles. The van der Waals surface area contributed by atoms with Crippen LogP contribution < -0.4 is 0 Å². The number of hydrogen-bond donors (Lipinski definition) is 1. The second-order valence-electron chi connectivity index (χ2n) is 6.36. The van der Waals surface area contributed by atoms with Gasteiger partial charge in [0.1, 0.15) is 6.10 Å². The Hall–Kier alpha value is -0.570. The Morgan fingerprint density at radius 1 is 1.44 bits per heavy atom. The van der Waals surface area contributed by atoms with Crippen LogP contribution in [-0.4, -0.2) is 23.3 Å². The van der Waals surface area contributed by atoms with Crippen molar-refractivity contribution in [3.63, 3.8) is 0 Å². The van der Waals surface area contributed by atoms with Crippen molar-refractivity contribution in [1.82, 2.24) is 0 Å². The highest BCUT2D eigenvalue weighted by Crippen LogP contribution is 2.44. The van der Waals surface area contributed by atoms with Crippen molar-refractivity contribution in [2.75, 3.05) is 0 Å². The largest absolute Gasteiger partial charge is 0.462 e. The van der Waals surface area contributed by atoms with Crippen molar-refractivity contribution in [3.8, 4) is 0 Å². The van der Waals surface area contributed by atoms with Crippen LogP contribution in [0.4, 0.5) is 0 Å². The molecule has 1 aliphatic rings. The van der Waals surface area contributed by atoms with Crippen molar-refractivity contribution in [2.24, 2.45) is 17.3 Å². The standard InChI is InChI=1S/C15H28O3/c1-6-14(17)18-11(4)15(5)8-7-12(10(2)3)13(16)9-15/h10-13,16H,6-9H2,1-5H3/t11?,12-,13+,15+/m0/s1. The van der Waals surface area contributed by atoms with E-state index in [9.17, 15) is 9.90 Å². The molecule has 1 saturated carbocycles. The molecule has 3 nitrogen and oxygen atoms in total. The predicted molar refractivity (Wildman–Crippen MR) is 72.1 cm³/mol. The molecule has 0 aromatic rings. The lowest BCUT2D eigenvalue weighted by molar-refractivity contribution is -0.159. The third kappa shape index (κ3) is 3.47. The number of aliphatic hydroxyl groups is 1. The summed E-state index contributed by atoms with van der Waals surface area (Å²) < 4.78 is 5.44. The topological polar surface area (TPSA) is 46.5 Å². The van der Waals surface area contributed by atoms with E-state index in [4.69, 9.17) is 4.74 Å². The van der Waals surface area contributed by atoms with Gasteiger partial charge in [0.25, 0.3) is 0 Å². The molecule has 18 heavy (non-hydrogen) atoms. The fraction of sp³-hybridized carbons (Fsp3) is 0.933. The summed E-state index contributed by atoms with van der Waals surface area (Å²) in [7, 11) is 0. The minimum atomic E-state index is -0.272. The molecule has 1 rings (SSSR count). The van der Waals surface area contributed by atoms with Gasteiger partial charge < -0.3 is 9.84 Å². The average molecular weight is 256 g/mol. The fourth-order valence-electron chi connectivity index (χ4n) is 2.99. The van der Waals surface area contributed by atoms with Crippen LogP contribution >= 0.6 is 0 Å². The van der Waals surface area contributed by atoms with E-state index in [1.54, 1.807) is 0 Å². The molecular formula is C15H28O3. The molecule has 0 amide bonds. The zero-order valence-electron chi connectivity index (χ0n) is 12.4. The lowest BCUT2D eigenvalue weighted by Crippen LogP contribution is -2.44. The number of ether oxygens (including phenoxy) is 1. The second-order valence-corrected chi connectivity index (χ2v) is 6.36. The van der Waals surface area contributed by atoms with E-state index < -0.39 is 0 Å². The normalized spacial score (nSPS) is 34.4. The summed E-state index contributed by atoms with van der Waals surface area (Å²) in [5.74, 6) is 0.745. The van der Waals surface area contributed by atoms with Gasteiger partial charge in [-0.1, -0.05) is 27.7 Å². The Balaban J connectivity index is 2.64. The van der Waals surface area contributed by atoms with Crippen LogP contribution in [0.15, 0.2) is 0 Å². The predicted octanol–water partition coefficient (Wildman–Crippen LogP) is 3.15. The third-order valence-electron chi connectivity index (χ3n) is 4.65. The highest BCUT2D eigenvalue weighted by Gasteiger charge is 2.42. The van der Waals surface area contributed by atoms with Gasteiger partial charge in [-0.2, -0.15) is 0 Å². The summed E-state index contributed by atoms with van der Waals surface area (Å²) in [4.78, 5) is 11.4. The molecule has 1 aliphatic carbocycles. The van der Waals surface area contributed by atoms with Gasteiger partial charge >= 0.3 is 5.97 Å². The van der Waals surface area contributed by atoms with E-state index >= 15 is 0 Å². The van der Waals surface area contributed by atoms with Crippen molar-refractivity contribution in [1.29, 1.82) is 0 Å². The lowest BCUT2D eigenvalue weighted by atomic mass is 9.65. The molecule has 0 bridgehead atoms. The quantitative estimate of drug-likeness (QED) is 0.786. The fourth-order valence-corrected chi connectivity index (χ4v) is 2.99. The lowest BCUT2D eigenvalue weighted by Gasteiger charge is -2.44. The molecule has 4 atom stereocenters. The maximum Gasteiger partial charge on any atom is 0.305 e. The van der Waals surface area contributed by atoms with E-state index in [0.717, 1.165) is 19.3 Å². The summed E-state index contributed by atoms with van der Waals surface area (Å²) in [6.45, 7) is 10.2. The Morgan fingerprint density at radius 3 is 2.50 bits per heavy atom. The van der Waals surface area contributed by atoms with Gasteiger partial charge in [-0.15, -0.1) is 0 Å². The molecule has 0 heterocycles. The molecule has 0 radical (unpaired) electrons. The minimum absolute atomic E-state index is 0.0877. The van der Waals surface area contributed by atoms with Gasteiger partial charge in [-0.05, 0) is 38.0 Å². The van der Waals surface area contributed by atoms with Crippen LogP contribution in [0.1, 0.15) is 60.3 Å². The van der Waals surface area contributed by atoms with E-state index in [-0.39, 0.29) is 23.6 Å². The highest BCUT2D eigenvalue weighted by atomic mass is 16.5. The maximum absolute atomic E-state index is 11.4. The first-order chi connectivity index (χ1) is 8.30. The summed E-state index contributed by atoms with van der Waals surface area (Å²) in [5, 5.41) is 10.3. The number of rotatable bonds is 4. The van der Waals surface area contributed by atoms with Crippen molar-refractivity contribution >= 4 is 5.97 Å². The first-order valence-corrected chi connectivity index (χ1v) is 7.17. The van der Waals surface area contributed by atoms with Gasteiger partial charge in [-0.25, -0.2) is 0 Å². The molecule has 0 spiro atoms. The molecule has 0 aliphatic heterocycles. The molecular weight excluding hydrogens is 228 g/mol. The monoisotopic (exact) mass is 256 g/mol. The summed E-state index contributed by atoms with van der Waals surface area (Å²) >= 11 is 0. The maximum atomic E-state index is 11.4. The summed E-state index contributed by atoms with van der Waals surface area (Å²) in [6, 6.07) is 0. The molecule has 0 saturated heterocycles. The third-order valence-corrected chi connectivity index (χ3v) is 4.65. The Morgan fingerprint density at radius 2 is 2.06 bits per heavy atom. The first-order valence-electron chi connectivity index (χ1n) is 7.17. The van der Waals surface area contributed by atoms with Gasteiger partial charge in [0.05, 0.1) is 6.10 Å². The number of aliphatic hydroxyl groups excluding tert-OH is 1. The van der Waals surface area contributed by atoms with Crippen LogP contribution in [0.5, 0.6) is 0 Å². The molecule has 3 heteroatoms. The van der Waals surface area contributed by atoms with E-state index in [1.807, 2.05) is 13.8 Å². The number of carbonyl (C=O) groups excluding carboxylic acids is 1. The smallest absolute Gasteiger partial charge is 0.305 e. The second kappa shape index (κ2) is 6.05. The van der Waals surface area contributed by atoms with Gasteiger partial charge in [0, 0.05) is 11.8 Å². The van der Waals surface area contributed by atoms with E-state index in [0.29, 0.717) is 18.3 Å². The van der Waals surface area contributed by atoms with Crippen molar-refractivity contribution in [3.05, 3.63) is 0 Å². The number of carbonyl (C=O) groups is 1. The van der Waals surface area contributed by atoms with Gasteiger partial charge in [0.15, 0.2) is 0 Å². The zero-order valence-corrected chi connectivity index (χ0v) is 12.4. The van der Waals surface area contributed by atoms with E-state index in [2.05, 4.69) is 20.8 Å². The van der Waals surface area contributed by atoms with Crippen LogP contribution in [0, 0.1) is 17.3 Å². The summed E-state index contributed by atoms with van der Waals surface area (Å²) in [5.41, 5.74) is -0.0877. The highest BCUT2D eigenvalue weighted by molar-refractivity contribution is 5.69. The van der Waals surface area contributed by atoms with Gasteiger partial charge in [-0.3, -0.25) is 4.79 Å². The summed E-state index contributed by atoms with van der Waals surface area (Å²) in [6.07, 6.45) is 2.79. The minimum Gasteiger partial charge on any atom is -0.462 e. The molecule has 0 aromatic carbocycles. The zero-order chi connectivity index (χ0) is 13.9. The first kappa shape index (κ1) is 15.5. The SMILES string of the molecule is CCC(=O)OC(C)[C@]1(C)CC[C@@H](C(C)C)[C@H](O)C1. The Bertz CT molecular complexity index is 287. The van der Waals surface area contributed by atoms with Gasteiger partial charge in [0.2, 0.25) is 0 Å². The van der Waals surface area contributed by atoms with Crippen LogP contribution in [0.2, 0.25) is 0 Å². The molecule has 1 N–H and O–H groups in total. The van der Waals surface area contributed by atoms with Crippen LogP contribution in [0.3, 0.4) is 0 Å². The van der Waals surface area contributed by atoms with Crippen LogP contribution in [-0.2, 0) is 9.53 Å². The van der Waals surface area contributed by atoms with Crippen molar-refractivity contribution in [2.45, 2.75) is 72.5 Å². The average Bonchev–Trinajstić information content (AvgIpc) is 2.28. The Labute approximate surface area is 111 Å². The van der Waals surface area contributed by atoms with Crippen molar-refractivity contribution < 1.29 is 14.6 Å². The Kier molecular flexibility index (Phi) is 5.20.